The van der Waals surface area contributed by atoms with Crippen LogP contribution < -0.4 is 10.2 Å². The molecule has 3 rings (SSSR count). The largest absolute Gasteiger partial charge is 0.450 e. The Balaban J connectivity index is 1.52. The van der Waals surface area contributed by atoms with E-state index in [1.54, 1.807) is 11.8 Å². The number of nitrogens with zero attached hydrogens (tertiary/aromatic N) is 3. The summed E-state index contributed by atoms with van der Waals surface area (Å²) < 4.78 is 5.03. The molecule has 1 aromatic rings. The quantitative estimate of drug-likeness (QED) is 0.838. The summed E-state index contributed by atoms with van der Waals surface area (Å²) in [6.45, 7) is 6.67. The van der Waals surface area contributed by atoms with E-state index in [1.807, 2.05) is 18.3 Å². The van der Waals surface area contributed by atoms with Crippen molar-refractivity contribution in [3.05, 3.63) is 24.0 Å². The van der Waals surface area contributed by atoms with E-state index in [9.17, 15) is 9.59 Å². The summed E-state index contributed by atoms with van der Waals surface area (Å²) in [5, 5.41) is 3.05. The predicted molar refractivity (Wildman–Crippen MR) is 109 cm³/mol. The molecule has 2 fully saturated rings. The third-order valence-corrected chi connectivity index (χ3v) is 5.77. The number of carbonyl (C=O) groups is 2. The van der Waals surface area contributed by atoms with E-state index >= 15 is 0 Å². The van der Waals surface area contributed by atoms with Gasteiger partial charge in [0, 0.05) is 31.7 Å². The molecule has 3 heterocycles. The molecule has 1 aromatic heterocycles. The van der Waals surface area contributed by atoms with E-state index in [-0.39, 0.29) is 18.0 Å². The SMILES string of the molecule is CCOC(=O)N1CCC(NC(=O)c2ccc(N3CCCCC3CC)cn2)CC1. The van der Waals surface area contributed by atoms with Crippen LogP contribution in [0.5, 0.6) is 0 Å². The average Bonchev–Trinajstić information content (AvgIpc) is 2.74. The summed E-state index contributed by atoms with van der Waals surface area (Å²) in [4.78, 5) is 32.8. The van der Waals surface area contributed by atoms with Gasteiger partial charge in [-0.05, 0) is 57.6 Å². The molecule has 0 radical (unpaired) electrons. The Morgan fingerprint density at radius 1 is 1.14 bits per heavy atom. The number of carbonyl (C=O) groups excluding carboxylic acids is 2. The normalized spacial score (nSPS) is 20.7. The third-order valence-electron chi connectivity index (χ3n) is 5.77. The summed E-state index contributed by atoms with van der Waals surface area (Å²) >= 11 is 0. The van der Waals surface area contributed by atoms with Crippen LogP contribution in [0.25, 0.3) is 0 Å². The van der Waals surface area contributed by atoms with Crippen LogP contribution in [0.2, 0.25) is 0 Å². The topological polar surface area (TPSA) is 74.8 Å². The van der Waals surface area contributed by atoms with Gasteiger partial charge in [0.25, 0.3) is 5.91 Å². The van der Waals surface area contributed by atoms with Gasteiger partial charge in [0.05, 0.1) is 18.5 Å². The van der Waals surface area contributed by atoms with E-state index in [0.29, 0.717) is 31.4 Å². The van der Waals surface area contributed by atoms with Crippen molar-refractivity contribution in [3.63, 3.8) is 0 Å². The maximum absolute atomic E-state index is 12.5. The molecular weight excluding hydrogens is 356 g/mol. The van der Waals surface area contributed by atoms with Crippen LogP contribution in [0.3, 0.4) is 0 Å². The standard InChI is InChI=1S/C21H32N4O3/c1-3-17-7-5-6-12-25(17)18-8-9-19(22-15-18)20(26)23-16-10-13-24(14-11-16)21(27)28-4-2/h8-9,15-17H,3-7,10-14H2,1-2H3,(H,23,26). The van der Waals surface area contributed by atoms with Crippen molar-refractivity contribution in [1.82, 2.24) is 15.2 Å². The lowest BCUT2D eigenvalue weighted by atomic mass is 9.99. The van der Waals surface area contributed by atoms with Gasteiger partial charge in [-0.2, -0.15) is 0 Å². The maximum atomic E-state index is 12.5. The molecule has 1 unspecified atom stereocenters. The number of pyridine rings is 1. The number of hydrogen-bond acceptors (Lipinski definition) is 5. The first-order valence-electron chi connectivity index (χ1n) is 10.6. The van der Waals surface area contributed by atoms with Gasteiger partial charge in [0.2, 0.25) is 0 Å². The number of amides is 2. The molecular formula is C21H32N4O3. The van der Waals surface area contributed by atoms with Crippen molar-refractivity contribution < 1.29 is 14.3 Å². The zero-order valence-electron chi connectivity index (χ0n) is 17.0. The van der Waals surface area contributed by atoms with Crippen LogP contribution in [0.15, 0.2) is 18.3 Å². The van der Waals surface area contributed by atoms with E-state index in [2.05, 4.69) is 22.1 Å². The highest BCUT2D eigenvalue weighted by Gasteiger charge is 2.25. The molecule has 28 heavy (non-hydrogen) atoms. The molecule has 0 saturated carbocycles. The van der Waals surface area contributed by atoms with Crippen LogP contribution in [0, 0.1) is 0 Å². The summed E-state index contributed by atoms with van der Waals surface area (Å²) in [6, 6.07) is 4.46. The molecule has 154 valence electrons. The van der Waals surface area contributed by atoms with Crippen molar-refractivity contribution >= 4 is 17.7 Å². The first kappa shape index (κ1) is 20.4. The molecule has 7 nitrogen and oxygen atoms in total. The molecule has 0 aromatic carbocycles. The van der Waals surface area contributed by atoms with Crippen molar-refractivity contribution in [1.29, 1.82) is 0 Å². The number of aromatic nitrogens is 1. The van der Waals surface area contributed by atoms with Crippen LogP contribution in [-0.4, -0.2) is 60.2 Å². The Morgan fingerprint density at radius 2 is 1.93 bits per heavy atom. The second-order valence-corrected chi connectivity index (χ2v) is 7.59. The van der Waals surface area contributed by atoms with Gasteiger partial charge in [0.1, 0.15) is 5.69 Å². The van der Waals surface area contributed by atoms with E-state index in [0.717, 1.165) is 31.5 Å². The number of piperidine rings is 2. The molecule has 0 bridgehead atoms. The number of rotatable bonds is 5. The van der Waals surface area contributed by atoms with Crippen LogP contribution in [0.1, 0.15) is 62.9 Å². The Hall–Kier alpha value is -2.31. The molecule has 2 amide bonds. The minimum atomic E-state index is -0.271. The number of ether oxygens (including phenoxy) is 1. The maximum Gasteiger partial charge on any atom is 0.409 e. The van der Waals surface area contributed by atoms with Crippen molar-refractivity contribution in [3.8, 4) is 0 Å². The van der Waals surface area contributed by atoms with Gasteiger partial charge < -0.3 is 19.9 Å². The first-order chi connectivity index (χ1) is 13.6. The number of hydrogen-bond donors (Lipinski definition) is 1. The Bertz CT molecular complexity index is 656. The van der Waals surface area contributed by atoms with Crippen LogP contribution >= 0.6 is 0 Å². The lowest BCUT2D eigenvalue weighted by Gasteiger charge is -2.37. The van der Waals surface area contributed by atoms with Gasteiger partial charge in [-0.3, -0.25) is 4.79 Å². The lowest BCUT2D eigenvalue weighted by Crippen LogP contribution is -2.46. The molecule has 2 saturated heterocycles. The van der Waals surface area contributed by atoms with Crippen LogP contribution in [-0.2, 0) is 4.74 Å². The number of nitrogens with one attached hydrogen (secondary N) is 1. The average molecular weight is 389 g/mol. The van der Waals surface area contributed by atoms with Crippen molar-refractivity contribution in [2.75, 3.05) is 31.1 Å². The summed E-state index contributed by atoms with van der Waals surface area (Å²) in [5.41, 5.74) is 1.55. The van der Waals surface area contributed by atoms with Gasteiger partial charge in [0.15, 0.2) is 0 Å². The second-order valence-electron chi connectivity index (χ2n) is 7.59. The highest BCUT2D eigenvalue weighted by atomic mass is 16.6. The van der Waals surface area contributed by atoms with E-state index < -0.39 is 0 Å². The number of anilines is 1. The minimum Gasteiger partial charge on any atom is -0.450 e. The fraction of sp³-hybridized carbons (Fsp3) is 0.667. The lowest BCUT2D eigenvalue weighted by molar-refractivity contribution is 0.0856. The Morgan fingerprint density at radius 3 is 2.57 bits per heavy atom. The van der Waals surface area contributed by atoms with E-state index in [1.165, 1.54) is 19.3 Å². The first-order valence-corrected chi connectivity index (χ1v) is 10.6. The van der Waals surface area contributed by atoms with Gasteiger partial charge in [-0.15, -0.1) is 0 Å². The molecule has 2 aliphatic rings. The summed E-state index contributed by atoms with van der Waals surface area (Å²) in [7, 11) is 0. The molecule has 0 aliphatic carbocycles. The van der Waals surface area contributed by atoms with Gasteiger partial charge in [-0.1, -0.05) is 6.92 Å². The zero-order valence-corrected chi connectivity index (χ0v) is 17.0. The number of likely N-dealkylation sites (tertiary alicyclic amines) is 1. The molecule has 0 spiro atoms. The van der Waals surface area contributed by atoms with Crippen molar-refractivity contribution in [2.24, 2.45) is 0 Å². The second kappa shape index (κ2) is 9.75. The predicted octanol–water partition coefficient (Wildman–Crippen LogP) is 3.20. The fourth-order valence-electron chi connectivity index (χ4n) is 4.14. The van der Waals surface area contributed by atoms with Crippen molar-refractivity contribution in [2.45, 2.75) is 64.5 Å². The van der Waals surface area contributed by atoms with Crippen LogP contribution in [0.4, 0.5) is 10.5 Å². The molecule has 7 heteroatoms. The Kier molecular flexibility index (Phi) is 7.12. The molecule has 1 atom stereocenters. The fourth-order valence-corrected chi connectivity index (χ4v) is 4.14. The van der Waals surface area contributed by atoms with Gasteiger partial charge >= 0.3 is 6.09 Å². The highest BCUT2D eigenvalue weighted by molar-refractivity contribution is 5.92. The Labute approximate surface area is 167 Å². The molecule has 1 N–H and O–H groups in total. The highest BCUT2D eigenvalue weighted by Crippen LogP contribution is 2.26. The van der Waals surface area contributed by atoms with E-state index in [4.69, 9.17) is 4.74 Å². The van der Waals surface area contributed by atoms with Gasteiger partial charge in [-0.25, -0.2) is 9.78 Å². The summed E-state index contributed by atoms with van der Waals surface area (Å²) in [5.74, 6) is -0.146. The summed E-state index contributed by atoms with van der Waals surface area (Å²) in [6.07, 6.45) is 7.87. The third kappa shape index (κ3) is 4.94. The zero-order chi connectivity index (χ0) is 19.9. The monoisotopic (exact) mass is 388 g/mol. The minimum absolute atomic E-state index is 0.0613. The molecule has 2 aliphatic heterocycles. The smallest absolute Gasteiger partial charge is 0.409 e.